The molecule has 3 amide bonds. The fraction of sp³-hybridized carbons (Fsp3) is 0.480. The van der Waals surface area contributed by atoms with E-state index in [1.807, 2.05) is 0 Å². The van der Waals surface area contributed by atoms with E-state index in [9.17, 15) is 24.0 Å². The van der Waals surface area contributed by atoms with E-state index in [1.54, 1.807) is 47.6 Å². The SMILES string of the molecule is CC(C)(C)OC(=O)C(=O)Nc1cc2c(s1)COC(CN1C(=O)c3nccnc3C1=O)(C(=O)OC(C)(C)C)C2. The summed E-state index contributed by atoms with van der Waals surface area (Å²) in [5.41, 5.74) is -2.99. The van der Waals surface area contributed by atoms with E-state index < -0.39 is 53.0 Å². The lowest BCUT2D eigenvalue weighted by atomic mass is 9.91. The molecule has 1 N–H and O–H groups in total. The Balaban J connectivity index is 1.60. The molecular weight excluding hydrogens is 516 g/mol. The fourth-order valence-electron chi connectivity index (χ4n) is 3.92. The van der Waals surface area contributed by atoms with Crippen molar-refractivity contribution in [3.05, 3.63) is 40.3 Å². The largest absolute Gasteiger partial charge is 0.458 e. The fourth-order valence-corrected chi connectivity index (χ4v) is 4.91. The van der Waals surface area contributed by atoms with Gasteiger partial charge in [-0.05, 0) is 53.2 Å². The standard InChI is InChI=1S/C25H28N4O8S/c1-23(2,3)36-21(33)18(30)28-15-9-13-10-25(35-11-14(13)38-15,22(34)37-24(4,5)6)12-29-19(31)16-17(20(29)32)27-8-7-26-16/h7-9H,10-12H2,1-6H3,(H,28,30). The molecule has 4 heterocycles. The maximum absolute atomic E-state index is 13.5. The van der Waals surface area contributed by atoms with Crippen LogP contribution in [0.5, 0.6) is 0 Å². The molecule has 13 heteroatoms. The molecule has 12 nitrogen and oxygen atoms in total. The van der Waals surface area contributed by atoms with Crippen LogP contribution in [-0.4, -0.2) is 67.9 Å². The number of thiophene rings is 1. The minimum Gasteiger partial charge on any atom is -0.458 e. The molecule has 0 aliphatic carbocycles. The Kier molecular flexibility index (Phi) is 6.87. The summed E-state index contributed by atoms with van der Waals surface area (Å²) >= 11 is 1.17. The van der Waals surface area contributed by atoms with E-state index in [1.165, 1.54) is 23.7 Å². The van der Waals surface area contributed by atoms with Gasteiger partial charge in [0.15, 0.2) is 17.0 Å². The first-order valence-corrected chi connectivity index (χ1v) is 12.6. The van der Waals surface area contributed by atoms with Gasteiger partial charge in [-0.25, -0.2) is 19.6 Å². The van der Waals surface area contributed by atoms with Crippen LogP contribution < -0.4 is 5.32 Å². The first-order chi connectivity index (χ1) is 17.6. The van der Waals surface area contributed by atoms with E-state index in [0.29, 0.717) is 15.4 Å². The van der Waals surface area contributed by atoms with Gasteiger partial charge in [-0.2, -0.15) is 0 Å². The summed E-state index contributed by atoms with van der Waals surface area (Å²) in [7, 11) is 0. The lowest BCUT2D eigenvalue weighted by Crippen LogP contribution is -2.57. The summed E-state index contributed by atoms with van der Waals surface area (Å²) in [4.78, 5) is 73.3. The average molecular weight is 545 g/mol. The van der Waals surface area contributed by atoms with Gasteiger partial charge in [-0.1, -0.05) is 0 Å². The first-order valence-electron chi connectivity index (χ1n) is 11.8. The number of ether oxygens (including phenoxy) is 3. The first kappa shape index (κ1) is 27.3. The van der Waals surface area contributed by atoms with Crippen LogP contribution in [0.4, 0.5) is 5.00 Å². The summed E-state index contributed by atoms with van der Waals surface area (Å²) in [6.45, 7) is 9.54. The van der Waals surface area contributed by atoms with E-state index in [2.05, 4.69) is 15.3 Å². The Labute approximate surface area is 222 Å². The number of hydrogen-bond donors (Lipinski definition) is 1. The van der Waals surface area contributed by atoms with Gasteiger partial charge in [-0.3, -0.25) is 19.3 Å². The van der Waals surface area contributed by atoms with Gasteiger partial charge in [0, 0.05) is 23.7 Å². The lowest BCUT2D eigenvalue weighted by Gasteiger charge is -2.38. The molecule has 0 radical (unpaired) electrons. The number of esters is 2. The highest BCUT2D eigenvalue weighted by molar-refractivity contribution is 7.16. The van der Waals surface area contributed by atoms with Crippen LogP contribution in [0.15, 0.2) is 18.5 Å². The molecule has 0 saturated heterocycles. The molecule has 2 aromatic heterocycles. The van der Waals surface area contributed by atoms with Gasteiger partial charge < -0.3 is 19.5 Å². The Morgan fingerprint density at radius 1 is 1.03 bits per heavy atom. The number of rotatable bonds is 4. The summed E-state index contributed by atoms with van der Waals surface area (Å²) in [5.74, 6) is -4.10. The van der Waals surface area contributed by atoms with Crippen LogP contribution in [0, 0.1) is 0 Å². The normalized spacial score (nSPS) is 19.1. The molecule has 0 bridgehead atoms. The molecule has 2 aliphatic heterocycles. The van der Waals surface area contributed by atoms with Gasteiger partial charge in [0.25, 0.3) is 11.8 Å². The maximum atomic E-state index is 13.5. The second-order valence-corrected chi connectivity index (χ2v) is 12.1. The molecule has 202 valence electrons. The van der Waals surface area contributed by atoms with Crippen LogP contribution in [0.1, 0.15) is 73.0 Å². The molecule has 1 atom stereocenters. The highest BCUT2D eigenvalue weighted by Crippen LogP contribution is 2.39. The number of imide groups is 1. The van der Waals surface area contributed by atoms with Gasteiger partial charge in [0.1, 0.15) is 11.2 Å². The number of nitrogens with zero attached hydrogens (tertiary/aromatic N) is 3. The quantitative estimate of drug-likeness (QED) is 0.344. The molecule has 4 rings (SSSR count). The van der Waals surface area contributed by atoms with Crippen LogP contribution in [-0.2, 0) is 41.6 Å². The average Bonchev–Trinajstić information content (AvgIpc) is 3.30. The van der Waals surface area contributed by atoms with Crippen molar-refractivity contribution in [3.8, 4) is 0 Å². The summed E-state index contributed by atoms with van der Waals surface area (Å²) in [5, 5.41) is 2.86. The number of hydrogen-bond acceptors (Lipinski definition) is 11. The van der Waals surface area contributed by atoms with Crippen molar-refractivity contribution >= 4 is 46.0 Å². The number of fused-ring (bicyclic) bond motifs is 2. The minimum atomic E-state index is -1.72. The van der Waals surface area contributed by atoms with Crippen molar-refractivity contribution in [2.24, 2.45) is 0 Å². The Hall–Kier alpha value is -3.71. The molecular formula is C25H28N4O8S. The molecule has 1 unspecified atom stereocenters. The molecule has 2 aliphatic rings. The van der Waals surface area contributed by atoms with Crippen molar-refractivity contribution < 1.29 is 38.2 Å². The van der Waals surface area contributed by atoms with Crippen LogP contribution >= 0.6 is 11.3 Å². The van der Waals surface area contributed by atoms with Crippen molar-refractivity contribution in [1.82, 2.24) is 14.9 Å². The number of anilines is 1. The van der Waals surface area contributed by atoms with Crippen LogP contribution in [0.2, 0.25) is 0 Å². The van der Waals surface area contributed by atoms with Gasteiger partial charge in [0.05, 0.1) is 18.2 Å². The second kappa shape index (κ2) is 9.55. The molecule has 0 saturated carbocycles. The monoisotopic (exact) mass is 544 g/mol. The van der Waals surface area contributed by atoms with Gasteiger partial charge >= 0.3 is 17.8 Å². The molecule has 2 aromatic rings. The predicted octanol–water partition coefficient (Wildman–Crippen LogP) is 2.27. The smallest absolute Gasteiger partial charge is 0.397 e. The lowest BCUT2D eigenvalue weighted by molar-refractivity contribution is -0.188. The number of nitrogens with one attached hydrogen (secondary N) is 1. The minimum absolute atomic E-state index is 0.0513. The zero-order valence-electron chi connectivity index (χ0n) is 21.9. The van der Waals surface area contributed by atoms with Gasteiger partial charge in [0.2, 0.25) is 0 Å². The van der Waals surface area contributed by atoms with Crippen LogP contribution in [0.25, 0.3) is 0 Å². The third kappa shape index (κ3) is 5.58. The zero-order valence-corrected chi connectivity index (χ0v) is 22.7. The molecule has 0 aromatic carbocycles. The Morgan fingerprint density at radius 3 is 2.16 bits per heavy atom. The summed E-state index contributed by atoms with van der Waals surface area (Å²) in [6.07, 6.45) is 2.56. The number of carbonyl (C=O) groups is 5. The van der Waals surface area contributed by atoms with Crippen molar-refractivity contribution in [1.29, 1.82) is 0 Å². The van der Waals surface area contributed by atoms with Crippen molar-refractivity contribution in [3.63, 3.8) is 0 Å². The predicted molar refractivity (Wildman–Crippen MR) is 133 cm³/mol. The van der Waals surface area contributed by atoms with E-state index in [4.69, 9.17) is 14.2 Å². The zero-order chi connectivity index (χ0) is 28.0. The van der Waals surface area contributed by atoms with E-state index >= 15 is 0 Å². The van der Waals surface area contributed by atoms with E-state index in [-0.39, 0.29) is 24.4 Å². The third-order valence-corrected chi connectivity index (χ3v) is 6.52. The Morgan fingerprint density at radius 2 is 1.61 bits per heavy atom. The highest BCUT2D eigenvalue weighted by atomic mass is 32.1. The van der Waals surface area contributed by atoms with Crippen molar-refractivity contribution in [2.75, 3.05) is 11.9 Å². The third-order valence-electron chi connectivity index (χ3n) is 5.45. The topological polar surface area (TPSA) is 154 Å². The molecule has 0 fully saturated rings. The molecule has 38 heavy (non-hydrogen) atoms. The number of amides is 3. The number of aromatic nitrogens is 2. The Bertz CT molecular complexity index is 1300. The van der Waals surface area contributed by atoms with E-state index in [0.717, 1.165) is 4.90 Å². The second-order valence-electron chi connectivity index (χ2n) is 10.9. The van der Waals surface area contributed by atoms with Crippen LogP contribution in [0.3, 0.4) is 0 Å². The van der Waals surface area contributed by atoms with Crippen molar-refractivity contribution in [2.45, 2.75) is 71.4 Å². The maximum Gasteiger partial charge on any atom is 0.397 e. The van der Waals surface area contributed by atoms with Gasteiger partial charge in [-0.15, -0.1) is 11.3 Å². The number of carbonyl (C=O) groups excluding carboxylic acids is 5. The summed E-state index contributed by atoms with van der Waals surface area (Å²) in [6, 6.07) is 1.62. The molecule has 0 spiro atoms. The summed E-state index contributed by atoms with van der Waals surface area (Å²) < 4.78 is 16.8. The highest BCUT2D eigenvalue weighted by Gasteiger charge is 2.52.